The fraction of sp³-hybridized carbons (Fsp3) is 0.200. The Balaban J connectivity index is 0.00000196. The summed E-state index contributed by atoms with van der Waals surface area (Å²) in [5, 5.41) is 0.833. The van der Waals surface area contributed by atoms with E-state index >= 15 is 0 Å². The van der Waals surface area contributed by atoms with Crippen molar-refractivity contribution in [2.45, 2.75) is 0 Å². The highest BCUT2D eigenvalue weighted by Gasteiger charge is 2.28. The van der Waals surface area contributed by atoms with E-state index < -0.39 is 0 Å². The van der Waals surface area contributed by atoms with Crippen molar-refractivity contribution in [2.75, 3.05) is 31.1 Å². The molecular weight excluding hydrogens is 366 g/mol. The molecule has 0 saturated carbocycles. The van der Waals surface area contributed by atoms with Gasteiger partial charge in [0.2, 0.25) is 0 Å². The zero-order valence-corrected chi connectivity index (χ0v) is 15.9. The fourth-order valence-corrected chi connectivity index (χ4v) is 3.99. The lowest BCUT2D eigenvalue weighted by Gasteiger charge is -2.36. The van der Waals surface area contributed by atoms with E-state index in [1.54, 1.807) is 0 Å². The number of anilines is 1. The molecule has 0 spiro atoms. The quantitative estimate of drug-likeness (QED) is 0.734. The van der Waals surface area contributed by atoms with Gasteiger partial charge in [-0.15, -0.1) is 12.4 Å². The summed E-state index contributed by atoms with van der Waals surface area (Å²) in [7, 11) is 0. The number of benzene rings is 2. The number of hydrogen-bond acceptors (Lipinski definition) is 4. The Morgan fingerprint density at radius 1 is 0.846 bits per heavy atom. The van der Waals surface area contributed by atoms with E-state index in [-0.39, 0.29) is 18.3 Å². The number of carbonyl (C=O) groups excluding carboxylic acids is 1. The van der Waals surface area contributed by atoms with E-state index in [9.17, 15) is 4.79 Å². The number of carbonyl (C=O) groups is 1. The second-order valence-electron chi connectivity index (χ2n) is 6.03. The van der Waals surface area contributed by atoms with Crippen molar-refractivity contribution in [1.82, 2.24) is 4.90 Å². The summed E-state index contributed by atoms with van der Waals surface area (Å²) < 4.78 is 0. The first-order valence-corrected chi connectivity index (χ1v) is 9.24. The van der Waals surface area contributed by atoms with Crippen LogP contribution in [0.1, 0.15) is 5.56 Å². The molecule has 0 aromatic heterocycles. The molecule has 4 rings (SSSR count). The topological polar surface area (TPSA) is 35.9 Å². The van der Waals surface area contributed by atoms with E-state index in [1.807, 2.05) is 42.5 Å². The molecule has 1 amide bonds. The molecule has 2 heterocycles. The molecule has 0 atom stereocenters. The zero-order chi connectivity index (χ0) is 17.1. The van der Waals surface area contributed by atoms with Crippen molar-refractivity contribution < 1.29 is 4.79 Å². The minimum absolute atomic E-state index is 0. The molecule has 0 unspecified atom stereocenters. The van der Waals surface area contributed by atoms with Crippen LogP contribution in [0.4, 0.5) is 5.69 Å². The van der Waals surface area contributed by atoms with Crippen molar-refractivity contribution in [3.8, 4) is 0 Å². The summed E-state index contributed by atoms with van der Waals surface area (Å²) in [6.45, 7) is 3.64. The van der Waals surface area contributed by atoms with E-state index in [2.05, 4.69) is 39.1 Å². The monoisotopic (exact) mass is 385 g/mol. The van der Waals surface area contributed by atoms with E-state index in [0.717, 1.165) is 36.9 Å². The minimum atomic E-state index is -0.130. The summed E-state index contributed by atoms with van der Waals surface area (Å²) in [6, 6.07) is 20.4. The van der Waals surface area contributed by atoms with Gasteiger partial charge in [0.25, 0.3) is 5.91 Å². The Bertz CT molecular complexity index is 815. The molecule has 0 aliphatic carbocycles. The van der Waals surface area contributed by atoms with Gasteiger partial charge in [-0.25, -0.2) is 0 Å². The Morgan fingerprint density at radius 2 is 1.42 bits per heavy atom. The molecule has 26 heavy (non-hydrogen) atoms. The molecule has 1 saturated heterocycles. The van der Waals surface area contributed by atoms with Crippen LogP contribution in [0, 0.1) is 0 Å². The fourth-order valence-electron chi connectivity index (χ4n) is 3.03. The van der Waals surface area contributed by atoms with Crippen LogP contribution in [-0.4, -0.2) is 42.2 Å². The molecule has 1 fully saturated rings. The largest absolute Gasteiger partial charge is 0.368 e. The van der Waals surface area contributed by atoms with Crippen molar-refractivity contribution in [3.05, 3.63) is 71.1 Å². The first-order chi connectivity index (χ1) is 12.3. The number of nitrogens with zero attached hydrogens (tertiary/aromatic N) is 3. The average Bonchev–Trinajstić information content (AvgIpc) is 3.04. The number of amidine groups is 1. The molecule has 2 aromatic rings. The van der Waals surface area contributed by atoms with Gasteiger partial charge in [0, 0.05) is 31.9 Å². The normalized spacial score (nSPS) is 18.7. The maximum absolute atomic E-state index is 12.2. The Kier molecular flexibility index (Phi) is 6.01. The molecule has 0 N–H and O–H groups in total. The van der Waals surface area contributed by atoms with Crippen molar-refractivity contribution in [2.24, 2.45) is 4.99 Å². The van der Waals surface area contributed by atoms with Crippen LogP contribution in [0.25, 0.3) is 6.08 Å². The van der Waals surface area contributed by atoms with Crippen LogP contribution in [0.15, 0.2) is 70.6 Å². The SMILES string of the molecule is Cl.O=C1N=C(N2CCN(c3ccccc3)CC2)S/C1=C\c1ccccc1. The van der Waals surface area contributed by atoms with Crippen LogP contribution < -0.4 is 4.90 Å². The van der Waals surface area contributed by atoms with Crippen molar-refractivity contribution >= 4 is 47.0 Å². The summed E-state index contributed by atoms with van der Waals surface area (Å²) in [5.41, 5.74) is 2.28. The van der Waals surface area contributed by atoms with Crippen LogP contribution in [-0.2, 0) is 4.79 Å². The highest BCUT2D eigenvalue weighted by molar-refractivity contribution is 8.18. The van der Waals surface area contributed by atoms with Crippen LogP contribution >= 0.6 is 24.2 Å². The summed E-state index contributed by atoms with van der Waals surface area (Å²) in [6.07, 6.45) is 1.92. The van der Waals surface area contributed by atoms with Gasteiger partial charge in [0.05, 0.1) is 4.91 Å². The number of piperazine rings is 1. The molecule has 2 aliphatic heterocycles. The number of rotatable bonds is 2. The lowest BCUT2D eigenvalue weighted by molar-refractivity contribution is -0.113. The van der Waals surface area contributed by atoms with Crippen LogP contribution in [0.5, 0.6) is 0 Å². The second-order valence-corrected chi connectivity index (χ2v) is 7.04. The molecule has 2 aliphatic rings. The van der Waals surface area contributed by atoms with Crippen molar-refractivity contribution in [1.29, 1.82) is 0 Å². The number of aliphatic imine (C=N–C) groups is 1. The molecule has 4 nitrogen and oxygen atoms in total. The van der Waals surface area contributed by atoms with E-state index in [4.69, 9.17) is 0 Å². The van der Waals surface area contributed by atoms with Crippen molar-refractivity contribution in [3.63, 3.8) is 0 Å². The van der Waals surface area contributed by atoms with Gasteiger partial charge in [-0.2, -0.15) is 4.99 Å². The predicted molar refractivity (Wildman–Crippen MR) is 112 cm³/mol. The third-order valence-electron chi connectivity index (χ3n) is 4.38. The first kappa shape index (κ1) is 18.5. The van der Waals surface area contributed by atoms with Gasteiger partial charge >= 0.3 is 0 Å². The number of thioether (sulfide) groups is 1. The second kappa shape index (κ2) is 8.43. The smallest absolute Gasteiger partial charge is 0.286 e. The van der Waals surface area contributed by atoms with Gasteiger partial charge in [-0.1, -0.05) is 48.5 Å². The predicted octanol–water partition coefficient (Wildman–Crippen LogP) is 3.90. The highest BCUT2D eigenvalue weighted by Crippen LogP contribution is 2.31. The Labute approximate surface area is 164 Å². The van der Waals surface area contributed by atoms with E-state index in [0.29, 0.717) is 4.91 Å². The lowest BCUT2D eigenvalue weighted by Crippen LogP contribution is -2.47. The molecule has 134 valence electrons. The zero-order valence-electron chi connectivity index (χ0n) is 14.2. The number of hydrogen-bond donors (Lipinski definition) is 0. The average molecular weight is 386 g/mol. The van der Waals surface area contributed by atoms with Gasteiger partial charge < -0.3 is 9.80 Å². The van der Waals surface area contributed by atoms with Gasteiger partial charge in [0.15, 0.2) is 5.17 Å². The maximum Gasteiger partial charge on any atom is 0.286 e. The van der Waals surface area contributed by atoms with Crippen LogP contribution in [0.2, 0.25) is 0 Å². The molecular formula is C20H20ClN3OS. The summed E-state index contributed by atoms with van der Waals surface area (Å²) >= 11 is 1.49. The third-order valence-corrected chi connectivity index (χ3v) is 5.42. The highest BCUT2D eigenvalue weighted by atomic mass is 35.5. The van der Waals surface area contributed by atoms with Gasteiger partial charge in [0.1, 0.15) is 0 Å². The molecule has 0 radical (unpaired) electrons. The Hall–Kier alpha value is -2.24. The lowest BCUT2D eigenvalue weighted by atomic mass is 10.2. The standard InChI is InChI=1S/C20H19N3OS.ClH/c24-19-18(15-16-7-3-1-4-8-16)25-20(21-19)23-13-11-22(12-14-23)17-9-5-2-6-10-17;/h1-10,15H,11-14H2;1H/b18-15-;. The maximum atomic E-state index is 12.2. The van der Waals surface area contributed by atoms with E-state index in [1.165, 1.54) is 17.4 Å². The van der Waals surface area contributed by atoms with Gasteiger partial charge in [-0.05, 0) is 35.5 Å². The number of amides is 1. The third kappa shape index (κ3) is 4.11. The molecule has 2 aromatic carbocycles. The Morgan fingerprint density at radius 3 is 2.08 bits per heavy atom. The molecule has 0 bridgehead atoms. The number of para-hydroxylation sites is 1. The summed E-state index contributed by atoms with van der Waals surface area (Å²) in [4.78, 5) is 21.8. The summed E-state index contributed by atoms with van der Waals surface area (Å²) in [5.74, 6) is -0.130. The number of halogens is 1. The molecule has 6 heteroatoms. The van der Waals surface area contributed by atoms with Crippen LogP contribution in [0.3, 0.4) is 0 Å². The minimum Gasteiger partial charge on any atom is -0.368 e. The van der Waals surface area contributed by atoms with Gasteiger partial charge in [-0.3, -0.25) is 4.79 Å². The first-order valence-electron chi connectivity index (χ1n) is 8.42.